The van der Waals surface area contributed by atoms with Crippen LogP contribution >= 0.6 is 0 Å². The molecule has 0 bridgehead atoms. The Morgan fingerprint density at radius 1 is 1.53 bits per heavy atom. The monoisotopic (exact) mass is 236 g/mol. The van der Waals surface area contributed by atoms with Crippen LogP contribution in [0.3, 0.4) is 0 Å². The molecule has 1 N–H and O–H groups in total. The Kier molecular flexibility index (Phi) is 3.13. The molecule has 0 atom stereocenters. The van der Waals surface area contributed by atoms with E-state index >= 15 is 0 Å². The van der Waals surface area contributed by atoms with E-state index in [0.717, 1.165) is 12.8 Å². The molecule has 2 rings (SSSR count). The van der Waals surface area contributed by atoms with Gasteiger partial charge in [-0.3, -0.25) is 4.79 Å². The highest BCUT2D eigenvalue weighted by atomic mass is 16.3. The van der Waals surface area contributed by atoms with Gasteiger partial charge in [-0.2, -0.15) is 5.26 Å². The lowest BCUT2D eigenvalue weighted by atomic mass is 9.62. The molecular formula is C13H20N2O2. The summed E-state index contributed by atoms with van der Waals surface area (Å²) in [6.07, 6.45) is 2.78. The van der Waals surface area contributed by atoms with Gasteiger partial charge in [0.05, 0.1) is 12.2 Å². The van der Waals surface area contributed by atoms with Crippen LogP contribution in [-0.4, -0.2) is 35.6 Å². The van der Waals surface area contributed by atoms with E-state index in [0.29, 0.717) is 31.2 Å². The summed E-state index contributed by atoms with van der Waals surface area (Å²) in [6.45, 7) is 2.75. The van der Waals surface area contributed by atoms with E-state index < -0.39 is 5.41 Å². The number of nitrogens with zero attached hydrogens (tertiary/aromatic N) is 2. The summed E-state index contributed by atoms with van der Waals surface area (Å²) >= 11 is 0. The zero-order chi connectivity index (χ0) is 12.6. The Morgan fingerprint density at radius 3 is 2.53 bits per heavy atom. The normalized spacial score (nSPS) is 39.8. The first-order chi connectivity index (χ1) is 7.97. The molecule has 0 saturated heterocycles. The first-order valence-electron chi connectivity index (χ1n) is 6.32. The average Bonchev–Trinajstić information content (AvgIpc) is 2.21. The topological polar surface area (TPSA) is 64.3 Å². The van der Waals surface area contributed by atoms with Gasteiger partial charge in [0, 0.05) is 13.6 Å². The molecule has 0 unspecified atom stereocenters. The number of nitriles is 1. The molecule has 4 nitrogen and oxygen atoms in total. The van der Waals surface area contributed by atoms with E-state index in [2.05, 4.69) is 13.0 Å². The number of rotatable bonds is 3. The van der Waals surface area contributed by atoms with Gasteiger partial charge in [0.1, 0.15) is 5.41 Å². The number of amides is 1. The lowest BCUT2D eigenvalue weighted by Crippen LogP contribution is -2.50. The van der Waals surface area contributed by atoms with E-state index in [-0.39, 0.29) is 12.0 Å². The Hall–Kier alpha value is -1.08. The molecule has 0 spiro atoms. The maximum Gasteiger partial charge on any atom is 0.242 e. The van der Waals surface area contributed by atoms with Gasteiger partial charge in [0.25, 0.3) is 0 Å². The number of hydrogen-bond acceptors (Lipinski definition) is 3. The number of aliphatic hydroxyl groups is 1. The van der Waals surface area contributed by atoms with Crippen LogP contribution in [0.15, 0.2) is 0 Å². The van der Waals surface area contributed by atoms with Crippen molar-refractivity contribution in [2.45, 2.75) is 38.7 Å². The molecule has 2 aliphatic carbocycles. The zero-order valence-corrected chi connectivity index (χ0v) is 10.5. The summed E-state index contributed by atoms with van der Waals surface area (Å²) in [5, 5.41) is 18.4. The van der Waals surface area contributed by atoms with Crippen LogP contribution in [0, 0.1) is 28.6 Å². The molecular weight excluding hydrogens is 216 g/mol. The fraction of sp³-hybridized carbons (Fsp3) is 0.846. The van der Waals surface area contributed by atoms with Crippen molar-refractivity contribution in [1.29, 1.82) is 5.26 Å². The van der Waals surface area contributed by atoms with E-state index in [1.165, 1.54) is 0 Å². The summed E-state index contributed by atoms with van der Waals surface area (Å²) in [5.74, 6) is 0.865. The van der Waals surface area contributed by atoms with Crippen molar-refractivity contribution in [3.8, 4) is 6.07 Å². The molecule has 4 heteroatoms. The third-order valence-corrected chi connectivity index (χ3v) is 4.11. The third kappa shape index (κ3) is 2.16. The van der Waals surface area contributed by atoms with Gasteiger partial charge in [0.15, 0.2) is 0 Å². The largest absolute Gasteiger partial charge is 0.393 e. The van der Waals surface area contributed by atoms with Gasteiger partial charge >= 0.3 is 0 Å². The van der Waals surface area contributed by atoms with Crippen molar-refractivity contribution in [2.75, 3.05) is 13.6 Å². The average molecular weight is 236 g/mol. The Labute approximate surface area is 102 Å². The van der Waals surface area contributed by atoms with Crippen LogP contribution < -0.4 is 0 Å². The van der Waals surface area contributed by atoms with Crippen molar-refractivity contribution in [3.05, 3.63) is 0 Å². The highest BCUT2D eigenvalue weighted by Gasteiger charge is 2.50. The first-order valence-corrected chi connectivity index (χ1v) is 6.32. The van der Waals surface area contributed by atoms with E-state index in [9.17, 15) is 15.2 Å². The second kappa shape index (κ2) is 4.30. The molecule has 0 aromatic heterocycles. The maximum absolute atomic E-state index is 12.2. The summed E-state index contributed by atoms with van der Waals surface area (Å²) in [6, 6.07) is 2.20. The quantitative estimate of drug-likeness (QED) is 0.799. The number of hydrogen-bond donors (Lipinski definition) is 1. The molecule has 0 heterocycles. The van der Waals surface area contributed by atoms with Crippen molar-refractivity contribution in [3.63, 3.8) is 0 Å². The van der Waals surface area contributed by atoms with Gasteiger partial charge in [-0.05, 0) is 37.5 Å². The Bertz CT molecular complexity index is 349. The van der Waals surface area contributed by atoms with Gasteiger partial charge in [-0.1, -0.05) is 6.92 Å². The molecule has 0 aromatic rings. The minimum Gasteiger partial charge on any atom is -0.393 e. The molecule has 17 heavy (non-hydrogen) atoms. The van der Waals surface area contributed by atoms with E-state index in [1.54, 1.807) is 11.9 Å². The number of aliphatic hydroxyl groups excluding tert-OH is 1. The number of carbonyl (C=O) groups is 1. The smallest absolute Gasteiger partial charge is 0.242 e. The predicted molar refractivity (Wildman–Crippen MR) is 62.8 cm³/mol. The minimum atomic E-state index is -0.753. The molecule has 0 aliphatic heterocycles. The number of carbonyl (C=O) groups excluding carboxylic acids is 1. The molecule has 2 saturated carbocycles. The van der Waals surface area contributed by atoms with Crippen LogP contribution in [0.2, 0.25) is 0 Å². The molecule has 0 radical (unpaired) electrons. The van der Waals surface area contributed by atoms with Crippen LogP contribution in [-0.2, 0) is 4.79 Å². The SMILES string of the molecule is CC1CC(C#N)(C(=O)N(C)CC2CC(O)C2)C1. The molecule has 0 aromatic carbocycles. The van der Waals surface area contributed by atoms with E-state index in [4.69, 9.17) is 0 Å². The van der Waals surface area contributed by atoms with Crippen LogP contribution in [0.5, 0.6) is 0 Å². The maximum atomic E-state index is 12.2. The van der Waals surface area contributed by atoms with Crippen LogP contribution in [0.4, 0.5) is 0 Å². The molecule has 2 fully saturated rings. The Morgan fingerprint density at radius 2 is 2.12 bits per heavy atom. The molecule has 94 valence electrons. The first kappa shape index (κ1) is 12.4. The summed E-state index contributed by atoms with van der Waals surface area (Å²) in [4.78, 5) is 13.9. The summed E-state index contributed by atoms with van der Waals surface area (Å²) < 4.78 is 0. The zero-order valence-electron chi connectivity index (χ0n) is 10.5. The minimum absolute atomic E-state index is 0.0283. The van der Waals surface area contributed by atoms with Crippen molar-refractivity contribution in [2.24, 2.45) is 17.3 Å². The molecule has 1 amide bonds. The fourth-order valence-electron chi connectivity index (χ4n) is 3.13. The van der Waals surface area contributed by atoms with Crippen LogP contribution in [0.25, 0.3) is 0 Å². The highest BCUT2D eigenvalue weighted by Crippen LogP contribution is 2.46. The second-order valence-corrected chi connectivity index (χ2v) is 5.88. The van der Waals surface area contributed by atoms with Gasteiger partial charge < -0.3 is 10.0 Å². The molecule has 2 aliphatic rings. The second-order valence-electron chi connectivity index (χ2n) is 5.88. The van der Waals surface area contributed by atoms with Crippen LogP contribution in [0.1, 0.15) is 32.6 Å². The highest BCUT2D eigenvalue weighted by molar-refractivity contribution is 5.86. The van der Waals surface area contributed by atoms with Gasteiger partial charge in [-0.15, -0.1) is 0 Å². The van der Waals surface area contributed by atoms with Crippen molar-refractivity contribution in [1.82, 2.24) is 4.90 Å². The fourth-order valence-corrected chi connectivity index (χ4v) is 3.13. The van der Waals surface area contributed by atoms with Crippen molar-refractivity contribution >= 4 is 5.91 Å². The predicted octanol–water partition coefficient (Wildman–Crippen LogP) is 1.16. The summed E-state index contributed by atoms with van der Waals surface area (Å²) in [7, 11) is 1.77. The van der Waals surface area contributed by atoms with E-state index in [1.807, 2.05) is 0 Å². The Balaban J connectivity index is 1.89. The lowest BCUT2D eigenvalue weighted by molar-refractivity contribution is -0.145. The standard InChI is InChI=1S/C13H20N2O2/c1-9-5-13(6-9,8-14)12(17)15(2)7-10-3-11(16)4-10/h9-11,16H,3-7H2,1-2H3. The van der Waals surface area contributed by atoms with Crippen molar-refractivity contribution < 1.29 is 9.90 Å². The van der Waals surface area contributed by atoms with Gasteiger partial charge in [-0.25, -0.2) is 0 Å². The summed E-state index contributed by atoms with van der Waals surface area (Å²) in [5.41, 5.74) is -0.753. The van der Waals surface area contributed by atoms with Gasteiger partial charge in [0.2, 0.25) is 5.91 Å². The lowest BCUT2D eigenvalue weighted by Gasteiger charge is -2.43. The third-order valence-electron chi connectivity index (χ3n) is 4.11.